The van der Waals surface area contributed by atoms with Crippen LogP contribution in [0.25, 0.3) is 0 Å². The van der Waals surface area contributed by atoms with E-state index in [9.17, 15) is 0 Å². The van der Waals surface area contributed by atoms with Gasteiger partial charge in [0.05, 0.1) is 21.3 Å². The highest BCUT2D eigenvalue weighted by molar-refractivity contribution is 7.99. The number of fused-ring (bicyclic) bond motifs is 1. The maximum Gasteiger partial charge on any atom is 0.164 e. The fourth-order valence-electron chi connectivity index (χ4n) is 4.73. The molecule has 0 saturated carbocycles. The van der Waals surface area contributed by atoms with Crippen molar-refractivity contribution in [2.45, 2.75) is 61.8 Å². The lowest BCUT2D eigenvalue weighted by molar-refractivity contribution is 0.343. The number of unbranched alkanes of at least 4 members (excludes halogenated alkanes) is 3. The lowest BCUT2D eigenvalue weighted by Crippen LogP contribution is -2.33. The monoisotopic (exact) mass is 472 g/mol. The maximum absolute atomic E-state index is 6.53. The molecule has 2 unspecified atom stereocenters. The van der Waals surface area contributed by atoms with E-state index in [2.05, 4.69) is 23.5 Å². The highest BCUT2D eigenvalue weighted by Crippen LogP contribution is 2.43. The molecular weight excluding hydrogens is 432 g/mol. The minimum atomic E-state index is 0.237. The Hall–Kier alpha value is -1.89. The fraction of sp³-hybridized carbons (Fsp3) is 0.556. The first-order valence-electron chi connectivity index (χ1n) is 12.1. The normalized spacial score (nSPS) is 17.5. The molecule has 0 saturated heterocycles. The van der Waals surface area contributed by atoms with Crippen LogP contribution in [-0.2, 0) is 6.42 Å². The minimum Gasteiger partial charge on any atom is -0.497 e. The zero-order valence-electron chi connectivity index (χ0n) is 20.4. The molecular formula is C27H40N2O3S. The third-order valence-electron chi connectivity index (χ3n) is 6.55. The van der Waals surface area contributed by atoms with Crippen molar-refractivity contribution < 1.29 is 14.2 Å². The van der Waals surface area contributed by atoms with Gasteiger partial charge in [-0.05, 0) is 74.0 Å². The topological polar surface area (TPSA) is 65.7 Å². The van der Waals surface area contributed by atoms with Gasteiger partial charge in [0.15, 0.2) is 11.5 Å². The Balaban J connectivity index is 1.30. The predicted molar refractivity (Wildman–Crippen MR) is 138 cm³/mol. The molecule has 5 nitrogen and oxygen atoms in total. The molecule has 0 fully saturated rings. The molecule has 1 aliphatic carbocycles. The van der Waals surface area contributed by atoms with Gasteiger partial charge in [-0.25, -0.2) is 0 Å². The van der Waals surface area contributed by atoms with Crippen molar-refractivity contribution in [3.63, 3.8) is 0 Å². The van der Waals surface area contributed by atoms with Crippen molar-refractivity contribution in [2.75, 3.05) is 40.2 Å². The average Bonchev–Trinajstić information content (AvgIpc) is 2.85. The van der Waals surface area contributed by atoms with Crippen molar-refractivity contribution in [1.29, 1.82) is 0 Å². The van der Waals surface area contributed by atoms with Crippen LogP contribution in [0.3, 0.4) is 0 Å². The summed E-state index contributed by atoms with van der Waals surface area (Å²) in [5.74, 6) is 4.12. The maximum atomic E-state index is 6.53. The average molecular weight is 473 g/mol. The quantitative estimate of drug-likeness (QED) is 0.283. The fourth-order valence-corrected chi connectivity index (χ4v) is 5.54. The summed E-state index contributed by atoms with van der Waals surface area (Å²) in [6, 6.07) is 12.7. The van der Waals surface area contributed by atoms with E-state index >= 15 is 0 Å². The van der Waals surface area contributed by atoms with E-state index in [1.807, 2.05) is 30.0 Å². The number of ether oxygens (including phenoxy) is 3. The first-order chi connectivity index (χ1) is 16.2. The largest absolute Gasteiger partial charge is 0.497 e. The first kappa shape index (κ1) is 25.7. The van der Waals surface area contributed by atoms with Gasteiger partial charge in [0.1, 0.15) is 5.75 Å². The van der Waals surface area contributed by atoms with Crippen LogP contribution in [0.15, 0.2) is 41.3 Å². The van der Waals surface area contributed by atoms with E-state index in [0.717, 1.165) is 55.4 Å². The number of benzene rings is 2. The Morgan fingerprint density at radius 3 is 2.42 bits per heavy atom. The van der Waals surface area contributed by atoms with Crippen LogP contribution in [0.4, 0.5) is 0 Å². The van der Waals surface area contributed by atoms with E-state index in [4.69, 9.17) is 19.9 Å². The molecule has 1 aliphatic rings. The summed E-state index contributed by atoms with van der Waals surface area (Å²) in [6.07, 6.45) is 8.10. The van der Waals surface area contributed by atoms with Crippen LogP contribution in [0, 0.1) is 0 Å². The van der Waals surface area contributed by atoms with Gasteiger partial charge in [-0.2, -0.15) is 0 Å². The second kappa shape index (κ2) is 13.7. The van der Waals surface area contributed by atoms with E-state index in [1.165, 1.54) is 41.7 Å². The van der Waals surface area contributed by atoms with Crippen LogP contribution in [0.1, 0.15) is 55.6 Å². The molecule has 3 rings (SSSR count). The van der Waals surface area contributed by atoms with Gasteiger partial charge in [-0.1, -0.05) is 25.3 Å². The molecule has 2 atom stereocenters. The summed E-state index contributed by atoms with van der Waals surface area (Å²) in [7, 11) is 5.13. The second-order valence-electron chi connectivity index (χ2n) is 8.65. The molecule has 0 spiro atoms. The first-order valence-corrected chi connectivity index (χ1v) is 13.1. The number of hydrogen-bond donors (Lipinski definition) is 2. The summed E-state index contributed by atoms with van der Waals surface area (Å²) in [5.41, 5.74) is 9.19. The van der Waals surface area contributed by atoms with Gasteiger partial charge in [-0.3, -0.25) is 0 Å². The molecule has 0 bridgehead atoms. The number of nitrogens with two attached hydrogens (primary N) is 1. The van der Waals surface area contributed by atoms with Crippen LogP contribution in [0.2, 0.25) is 0 Å². The third-order valence-corrected chi connectivity index (χ3v) is 7.57. The van der Waals surface area contributed by atoms with Gasteiger partial charge in [0.2, 0.25) is 0 Å². The zero-order valence-corrected chi connectivity index (χ0v) is 21.2. The van der Waals surface area contributed by atoms with Crippen LogP contribution < -0.4 is 25.3 Å². The smallest absolute Gasteiger partial charge is 0.164 e. The number of hydrogen-bond acceptors (Lipinski definition) is 6. The van der Waals surface area contributed by atoms with Crippen molar-refractivity contribution in [2.24, 2.45) is 5.73 Å². The molecule has 0 heterocycles. The highest BCUT2D eigenvalue weighted by atomic mass is 32.2. The molecule has 0 aliphatic heterocycles. The Kier molecular flexibility index (Phi) is 10.7. The SMILES string of the molecule is COc1ccc(SCCNCCCCCCC2c3ccc(OC)c(OC)c3CCC2N)cc1. The van der Waals surface area contributed by atoms with Gasteiger partial charge in [-0.15, -0.1) is 11.8 Å². The summed E-state index contributed by atoms with van der Waals surface area (Å²) < 4.78 is 16.4. The van der Waals surface area contributed by atoms with Crippen molar-refractivity contribution in [1.82, 2.24) is 5.32 Å². The molecule has 2 aromatic rings. The Morgan fingerprint density at radius 1 is 0.909 bits per heavy atom. The van der Waals surface area contributed by atoms with Gasteiger partial charge in [0, 0.05) is 28.8 Å². The van der Waals surface area contributed by atoms with Crippen molar-refractivity contribution in [3.8, 4) is 17.2 Å². The van der Waals surface area contributed by atoms with Gasteiger partial charge >= 0.3 is 0 Å². The molecule has 3 N–H and O–H groups in total. The summed E-state index contributed by atoms with van der Waals surface area (Å²) in [4.78, 5) is 1.29. The summed E-state index contributed by atoms with van der Waals surface area (Å²) in [6.45, 7) is 2.13. The summed E-state index contributed by atoms with van der Waals surface area (Å²) in [5, 5.41) is 3.57. The lowest BCUT2D eigenvalue weighted by Gasteiger charge is -2.32. The molecule has 0 radical (unpaired) electrons. The zero-order chi connectivity index (χ0) is 23.5. The Bertz CT molecular complexity index is 844. The van der Waals surface area contributed by atoms with E-state index in [1.54, 1.807) is 21.3 Å². The van der Waals surface area contributed by atoms with Crippen LogP contribution in [-0.4, -0.2) is 46.2 Å². The molecule has 6 heteroatoms. The summed E-state index contributed by atoms with van der Waals surface area (Å²) >= 11 is 1.88. The van der Waals surface area contributed by atoms with E-state index < -0.39 is 0 Å². The van der Waals surface area contributed by atoms with E-state index in [0.29, 0.717) is 5.92 Å². The standard InChI is InChI=1S/C27H40N2O3S/c1-30-20-9-11-21(12-10-20)33-19-18-29-17-7-5-4-6-8-23-22-14-16-26(31-2)27(32-3)24(22)13-15-25(23)28/h9-12,14,16,23,25,29H,4-8,13,15,17-19,28H2,1-3H3. The van der Waals surface area contributed by atoms with Gasteiger partial charge < -0.3 is 25.3 Å². The minimum absolute atomic E-state index is 0.237. The van der Waals surface area contributed by atoms with E-state index in [-0.39, 0.29) is 6.04 Å². The second-order valence-corrected chi connectivity index (χ2v) is 9.82. The van der Waals surface area contributed by atoms with Crippen molar-refractivity contribution in [3.05, 3.63) is 47.5 Å². The number of methoxy groups -OCH3 is 3. The number of thioether (sulfide) groups is 1. The highest BCUT2D eigenvalue weighted by Gasteiger charge is 2.29. The number of rotatable bonds is 14. The van der Waals surface area contributed by atoms with Crippen LogP contribution in [0.5, 0.6) is 17.2 Å². The molecule has 33 heavy (non-hydrogen) atoms. The van der Waals surface area contributed by atoms with Crippen molar-refractivity contribution >= 4 is 11.8 Å². The third kappa shape index (κ3) is 7.29. The molecule has 0 aromatic heterocycles. The van der Waals surface area contributed by atoms with Gasteiger partial charge in [0.25, 0.3) is 0 Å². The number of nitrogens with one attached hydrogen (secondary N) is 1. The van der Waals surface area contributed by atoms with Crippen LogP contribution >= 0.6 is 11.8 Å². The Morgan fingerprint density at radius 2 is 1.70 bits per heavy atom. The molecule has 2 aromatic carbocycles. The lowest BCUT2D eigenvalue weighted by atomic mass is 9.76. The Labute approximate surface area is 203 Å². The molecule has 0 amide bonds. The molecule has 182 valence electrons. The predicted octanol–water partition coefficient (Wildman–Crippen LogP) is 5.40.